The van der Waals surface area contributed by atoms with Crippen molar-refractivity contribution in [1.82, 2.24) is 19.8 Å². The van der Waals surface area contributed by atoms with Crippen molar-refractivity contribution in [3.8, 4) is 5.75 Å². The Morgan fingerprint density at radius 2 is 1.88 bits per heavy atom. The van der Waals surface area contributed by atoms with Crippen LogP contribution >= 0.6 is 0 Å². The fraction of sp³-hybridized carbons (Fsp3) is 0.250. The van der Waals surface area contributed by atoms with E-state index in [0.717, 1.165) is 57.7 Å². The summed E-state index contributed by atoms with van der Waals surface area (Å²) in [6, 6.07) is 7.09. The van der Waals surface area contributed by atoms with Gasteiger partial charge in [-0.3, -0.25) is 0 Å². The van der Waals surface area contributed by atoms with Crippen molar-refractivity contribution in [1.29, 1.82) is 0 Å². The highest BCUT2D eigenvalue weighted by Crippen LogP contribution is 2.29. The van der Waals surface area contributed by atoms with Crippen LogP contribution in [0.25, 0.3) is 16.8 Å². The number of fused-ring (bicyclic) bond motifs is 1. The molecule has 2 heterocycles. The van der Waals surface area contributed by atoms with Crippen molar-refractivity contribution in [2.24, 2.45) is 0 Å². The number of hydrogen-bond donors (Lipinski definition) is 1. The van der Waals surface area contributed by atoms with E-state index in [2.05, 4.69) is 54.2 Å². The minimum atomic E-state index is 0.233. The summed E-state index contributed by atoms with van der Waals surface area (Å²) in [5.41, 5.74) is 7.49. The molecular formula is C28H33N5O. The standard InChI is InChI=1S/C28H33N5O/c1-8-17-32(7)26-18-29-33-27(30-31-28(33)21(26)6)19(4)11-12-22(9-2)20(5)25(10-3)23-13-15-24(34)16-14-23/h9-16,18,34H,2,5,8,17H2,1,3-4,6-7H3/b19-11+,22-12-,25-10+. The van der Waals surface area contributed by atoms with Crippen LogP contribution in [-0.4, -0.2) is 38.5 Å². The summed E-state index contributed by atoms with van der Waals surface area (Å²) in [5.74, 6) is 0.925. The Kier molecular flexibility index (Phi) is 7.84. The molecule has 0 saturated carbocycles. The second kappa shape index (κ2) is 10.8. The maximum absolute atomic E-state index is 9.60. The van der Waals surface area contributed by atoms with Gasteiger partial charge in [0.15, 0.2) is 11.5 Å². The maximum Gasteiger partial charge on any atom is 0.183 e. The van der Waals surface area contributed by atoms with Crippen molar-refractivity contribution in [2.75, 3.05) is 18.5 Å². The normalized spacial score (nSPS) is 12.8. The van der Waals surface area contributed by atoms with Gasteiger partial charge in [0.25, 0.3) is 0 Å². The quantitative estimate of drug-likeness (QED) is 0.391. The molecule has 1 aromatic carbocycles. The van der Waals surface area contributed by atoms with Crippen molar-refractivity contribution in [3.63, 3.8) is 0 Å². The lowest BCUT2D eigenvalue weighted by molar-refractivity contribution is 0.475. The summed E-state index contributed by atoms with van der Waals surface area (Å²) < 4.78 is 1.79. The summed E-state index contributed by atoms with van der Waals surface area (Å²) in [6.45, 7) is 17.4. The van der Waals surface area contributed by atoms with Crippen LogP contribution in [0.3, 0.4) is 0 Å². The van der Waals surface area contributed by atoms with Gasteiger partial charge in [0.1, 0.15) is 5.75 Å². The first-order chi connectivity index (χ1) is 16.3. The van der Waals surface area contributed by atoms with Crippen LogP contribution in [0.15, 0.2) is 79.1 Å². The molecule has 0 fully saturated rings. The number of aromatic hydroxyl groups is 1. The molecule has 3 rings (SSSR count). The van der Waals surface area contributed by atoms with Crippen LogP contribution in [0.1, 0.15) is 44.1 Å². The van der Waals surface area contributed by atoms with E-state index in [9.17, 15) is 5.11 Å². The molecule has 6 heteroatoms. The van der Waals surface area contributed by atoms with Crippen LogP contribution in [0.5, 0.6) is 5.75 Å². The van der Waals surface area contributed by atoms with E-state index >= 15 is 0 Å². The Hall–Kier alpha value is -3.93. The Morgan fingerprint density at radius 3 is 2.50 bits per heavy atom. The molecule has 0 atom stereocenters. The lowest BCUT2D eigenvalue weighted by Gasteiger charge is -2.20. The molecule has 2 aromatic heterocycles. The number of hydrogen-bond acceptors (Lipinski definition) is 5. The Morgan fingerprint density at radius 1 is 1.18 bits per heavy atom. The van der Waals surface area contributed by atoms with E-state index < -0.39 is 0 Å². The molecule has 0 bridgehead atoms. The predicted molar refractivity (Wildman–Crippen MR) is 142 cm³/mol. The van der Waals surface area contributed by atoms with Crippen molar-refractivity contribution < 1.29 is 5.11 Å². The number of rotatable bonds is 9. The zero-order chi connectivity index (χ0) is 24.8. The van der Waals surface area contributed by atoms with E-state index in [4.69, 9.17) is 0 Å². The summed E-state index contributed by atoms with van der Waals surface area (Å²) >= 11 is 0. The van der Waals surface area contributed by atoms with E-state index in [0.29, 0.717) is 5.82 Å². The van der Waals surface area contributed by atoms with Crippen molar-refractivity contribution in [2.45, 2.75) is 34.1 Å². The van der Waals surface area contributed by atoms with Gasteiger partial charge in [0.2, 0.25) is 0 Å². The first kappa shape index (κ1) is 24.7. The molecule has 3 aromatic rings. The van der Waals surface area contributed by atoms with Crippen molar-refractivity contribution in [3.05, 3.63) is 96.0 Å². The molecule has 0 aliphatic rings. The van der Waals surface area contributed by atoms with Gasteiger partial charge in [0.05, 0.1) is 11.9 Å². The summed E-state index contributed by atoms with van der Waals surface area (Å²) in [7, 11) is 2.07. The highest BCUT2D eigenvalue weighted by atomic mass is 16.3. The van der Waals surface area contributed by atoms with Gasteiger partial charge in [-0.05, 0) is 67.2 Å². The number of anilines is 1. The SMILES string of the molecule is C=C/C(=C/C=C(\C)c1nnc2c(C)c(N(C)CCC)cnn12)C(=C)/C(=C\C)c1ccc(O)cc1. The van der Waals surface area contributed by atoms with Gasteiger partial charge in [-0.2, -0.15) is 9.61 Å². The second-order valence-electron chi connectivity index (χ2n) is 8.24. The average Bonchev–Trinajstić information content (AvgIpc) is 3.26. The minimum Gasteiger partial charge on any atom is -0.508 e. The van der Waals surface area contributed by atoms with Gasteiger partial charge >= 0.3 is 0 Å². The van der Waals surface area contributed by atoms with Gasteiger partial charge in [-0.25, -0.2) is 0 Å². The third kappa shape index (κ3) is 5.01. The number of benzene rings is 1. The van der Waals surface area contributed by atoms with Crippen LogP contribution in [0.4, 0.5) is 5.69 Å². The number of aromatic nitrogens is 4. The largest absolute Gasteiger partial charge is 0.508 e. The van der Waals surface area contributed by atoms with Gasteiger partial charge < -0.3 is 10.0 Å². The molecule has 6 nitrogen and oxygen atoms in total. The number of phenols is 1. The van der Waals surface area contributed by atoms with Crippen LogP contribution in [0.2, 0.25) is 0 Å². The highest BCUT2D eigenvalue weighted by Gasteiger charge is 2.15. The average molecular weight is 456 g/mol. The number of allylic oxidation sites excluding steroid dienone is 8. The second-order valence-corrected chi connectivity index (χ2v) is 8.24. The lowest BCUT2D eigenvalue weighted by atomic mass is 9.92. The Balaban J connectivity index is 1.93. The Labute approximate surface area is 202 Å². The molecule has 0 saturated heterocycles. The van der Waals surface area contributed by atoms with Crippen LogP contribution in [0, 0.1) is 6.92 Å². The van der Waals surface area contributed by atoms with Gasteiger partial charge in [0, 0.05) is 19.2 Å². The van der Waals surface area contributed by atoms with Crippen LogP contribution < -0.4 is 4.90 Å². The molecule has 0 unspecified atom stereocenters. The minimum absolute atomic E-state index is 0.233. The third-order valence-electron chi connectivity index (χ3n) is 5.85. The maximum atomic E-state index is 9.60. The zero-order valence-corrected chi connectivity index (χ0v) is 20.7. The molecule has 0 aliphatic carbocycles. The van der Waals surface area contributed by atoms with E-state index in [1.807, 2.05) is 50.4 Å². The molecule has 0 aliphatic heterocycles. The third-order valence-corrected chi connectivity index (χ3v) is 5.85. The smallest absolute Gasteiger partial charge is 0.183 e. The van der Waals surface area contributed by atoms with Crippen LogP contribution in [-0.2, 0) is 0 Å². The fourth-order valence-electron chi connectivity index (χ4n) is 3.93. The molecule has 0 spiro atoms. The van der Waals surface area contributed by atoms with Gasteiger partial charge in [-0.15, -0.1) is 10.2 Å². The summed E-state index contributed by atoms with van der Waals surface area (Å²) in [6.07, 6.45) is 10.7. The molecule has 0 radical (unpaired) electrons. The monoisotopic (exact) mass is 455 g/mol. The molecule has 34 heavy (non-hydrogen) atoms. The zero-order valence-electron chi connectivity index (χ0n) is 20.7. The lowest BCUT2D eigenvalue weighted by Crippen LogP contribution is -2.19. The van der Waals surface area contributed by atoms with E-state index in [-0.39, 0.29) is 5.75 Å². The summed E-state index contributed by atoms with van der Waals surface area (Å²) in [4.78, 5) is 2.19. The number of aryl methyl sites for hydroxylation is 1. The van der Waals surface area contributed by atoms with Gasteiger partial charge in [-0.1, -0.05) is 56.5 Å². The predicted octanol–water partition coefficient (Wildman–Crippen LogP) is 6.16. The topological polar surface area (TPSA) is 66.6 Å². The number of nitrogens with zero attached hydrogens (tertiary/aromatic N) is 5. The first-order valence-corrected chi connectivity index (χ1v) is 11.4. The number of phenolic OH excluding ortho intramolecular Hbond substituents is 1. The first-order valence-electron chi connectivity index (χ1n) is 11.4. The molecular weight excluding hydrogens is 422 g/mol. The van der Waals surface area contributed by atoms with E-state index in [1.54, 1.807) is 22.7 Å². The Bertz CT molecular complexity index is 1290. The summed E-state index contributed by atoms with van der Waals surface area (Å²) in [5, 5.41) is 23.0. The fourth-order valence-corrected chi connectivity index (χ4v) is 3.93. The van der Waals surface area contributed by atoms with E-state index in [1.165, 1.54) is 0 Å². The molecule has 1 N–H and O–H groups in total. The van der Waals surface area contributed by atoms with Crippen molar-refractivity contribution >= 4 is 22.5 Å². The molecule has 0 amide bonds. The molecule has 176 valence electrons. The highest BCUT2D eigenvalue weighted by molar-refractivity contribution is 5.84.